The van der Waals surface area contributed by atoms with Crippen LogP contribution in [0.4, 0.5) is 0 Å². The molecule has 1 fully saturated rings. The summed E-state index contributed by atoms with van der Waals surface area (Å²) >= 11 is 0. The highest BCUT2D eigenvalue weighted by Gasteiger charge is 2.46. The van der Waals surface area contributed by atoms with Gasteiger partial charge in [-0.1, -0.05) is 52.8 Å². The third-order valence-electron chi connectivity index (χ3n) is 9.71. The zero-order valence-corrected chi connectivity index (χ0v) is 26.4. The molecule has 3 aliphatic rings. The monoisotopic (exact) mass is 562 g/mol. The molecular formula is C31H50O7Si. The highest BCUT2D eigenvalue weighted by molar-refractivity contribution is 6.74. The Hall–Kier alpha value is -1.93. The summed E-state index contributed by atoms with van der Waals surface area (Å²) in [5.41, 5.74) is 0.296. The molecule has 0 bridgehead atoms. The molecule has 39 heavy (non-hydrogen) atoms. The van der Waals surface area contributed by atoms with Crippen LogP contribution in [0.1, 0.15) is 87.0 Å². The molecule has 1 heterocycles. The molecule has 7 nitrogen and oxygen atoms in total. The van der Waals surface area contributed by atoms with E-state index in [4.69, 9.17) is 13.9 Å². The van der Waals surface area contributed by atoms with Crippen LogP contribution in [0.25, 0.3) is 0 Å². The molecule has 2 aliphatic carbocycles. The number of esters is 2. The van der Waals surface area contributed by atoms with Crippen LogP contribution in [0.3, 0.4) is 0 Å². The quantitative estimate of drug-likeness (QED) is 0.247. The van der Waals surface area contributed by atoms with Crippen LogP contribution >= 0.6 is 0 Å². The maximum absolute atomic E-state index is 13.1. The van der Waals surface area contributed by atoms with Crippen molar-refractivity contribution < 1.29 is 33.4 Å². The summed E-state index contributed by atoms with van der Waals surface area (Å²) in [5.74, 6) is -1.81. The average molecular weight is 563 g/mol. The average Bonchev–Trinajstić information content (AvgIpc) is 2.81. The predicted octanol–water partition coefficient (Wildman–Crippen LogP) is 6.68. The fraction of sp³-hybridized carbons (Fsp3) is 0.774. The molecule has 8 heteroatoms. The third kappa shape index (κ3) is 7.43. The van der Waals surface area contributed by atoms with Crippen molar-refractivity contribution in [3.63, 3.8) is 0 Å². The molecule has 0 aromatic carbocycles. The minimum Gasteiger partial charge on any atom is -0.481 e. The second-order valence-electron chi connectivity index (χ2n) is 14.1. The van der Waals surface area contributed by atoms with Gasteiger partial charge in [-0.05, 0) is 68.7 Å². The molecule has 0 saturated carbocycles. The van der Waals surface area contributed by atoms with E-state index in [2.05, 4.69) is 46.9 Å². The number of carboxylic acid groups (broad SMARTS) is 1. The summed E-state index contributed by atoms with van der Waals surface area (Å²) in [5, 5.41) is 9.85. The van der Waals surface area contributed by atoms with E-state index in [9.17, 15) is 19.5 Å². The third-order valence-corrected chi connectivity index (χ3v) is 14.2. The summed E-state index contributed by atoms with van der Waals surface area (Å²) in [4.78, 5) is 37.6. The SMILES string of the molecule is CCC(C)(C)C(=O)O[C@H]1C[C@@H](C(=O)O)C=C2C=C[C@H](C)[C@H](CC[C@@H]3C[C@@H](O[Si](C)(C)C(C)(C)C)CC(=O)O3)[C@H]21. The second kappa shape index (κ2) is 11.9. The number of hydrogen-bond donors (Lipinski definition) is 1. The van der Waals surface area contributed by atoms with Crippen molar-refractivity contribution in [1.82, 2.24) is 0 Å². The first-order valence-corrected chi connectivity index (χ1v) is 17.6. The van der Waals surface area contributed by atoms with E-state index in [0.717, 1.165) is 12.0 Å². The van der Waals surface area contributed by atoms with E-state index in [-0.39, 0.29) is 53.4 Å². The highest BCUT2D eigenvalue weighted by atomic mass is 28.4. The van der Waals surface area contributed by atoms with Crippen LogP contribution < -0.4 is 0 Å². The fourth-order valence-electron chi connectivity index (χ4n) is 5.71. The Balaban J connectivity index is 1.78. The Labute approximate surface area is 235 Å². The fourth-order valence-corrected chi connectivity index (χ4v) is 7.07. The Morgan fingerprint density at radius 2 is 1.79 bits per heavy atom. The lowest BCUT2D eigenvalue weighted by Crippen LogP contribution is -2.47. The molecule has 0 aromatic heterocycles. The molecule has 1 saturated heterocycles. The van der Waals surface area contributed by atoms with Gasteiger partial charge in [0.25, 0.3) is 0 Å². The second-order valence-corrected chi connectivity index (χ2v) is 18.8. The molecule has 1 aliphatic heterocycles. The number of hydrogen-bond acceptors (Lipinski definition) is 6. The number of aliphatic carboxylic acids is 1. The minimum absolute atomic E-state index is 0.0596. The summed E-state index contributed by atoms with van der Waals surface area (Å²) in [7, 11) is -2.02. The number of allylic oxidation sites excluding steroid dienone is 2. The summed E-state index contributed by atoms with van der Waals surface area (Å²) in [6, 6.07) is 0. The standard InChI is InChI=1S/C31H50O7Si/c1-10-31(6,7)29(35)37-25-16-21(28(33)34)15-20-12-11-19(2)24(27(20)25)14-13-22-17-23(18-26(32)36-22)38-39(8,9)30(3,4)5/h11-12,15,19,21-25,27H,10,13-14,16-18H2,1-9H3,(H,33,34)/t19-,21-,22+,23+,24-,25-,27-/m0/s1. The number of cyclic esters (lactones) is 1. The van der Waals surface area contributed by atoms with Gasteiger partial charge >= 0.3 is 17.9 Å². The van der Waals surface area contributed by atoms with Crippen LogP contribution in [0.15, 0.2) is 23.8 Å². The van der Waals surface area contributed by atoms with Gasteiger partial charge in [-0.15, -0.1) is 0 Å². The van der Waals surface area contributed by atoms with Crippen LogP contribution in [-0.2, 0) is 28.3 Å². The van der Waals surface area contributed by atoms with E-state index in [1.165, 1.54) is 0 Å². The molecule has 1 N–H and O–H groups in total. The summed E-state index contributed by atoms with van der Waals surface area (Å²) < 4.78 is 18.5. The summed E-state index contributed by atoms with van der Waals surface area (Å²) in [6.07, 6.45) is 8.47. The number of ether oxygens (including phenoxy) is 2. The van der Waals surface area contributed by atoms with Gasteiger partial charge < -0.3 is 19.0 Å². The van der Waals surface area contributed by atoms with Crippen molar-refractivity contribution in [2.45, 2.75) is 123 Å². The van der Waals surface area contributed by atoms with Crippen LogP contribution in [0, 0.1) is 29.1 Å². The number of carbonyl (C=O) groups excluding carboxylic acids is 2. The zero-order chi connectivity index (χ0) is 29.3. The lowest BCUT2D eigenvalue weighted by Gasteiger charge is -2.44. The topological polar surface area (TPSA) is 99.1 Å². The molecule has 220 valence electrons. The smallest absolute Gasteiger partial charge is 0.311 e. The zero-order valence-electron chi connectivity index (χ0n) is 25.4. The molecule has 0 aromatic rings. The number of carbonyl (C=O) groups is 3. The largest absolute Gasteiger partial charge is 0.481 e. The Bertz CT molecular complexity index is 989. The minimum atomic E-state index is -2.02. The molecular weight excluding hydrogens is 512 g/mol. The van der Waals surface area contributed by atoms with Gasteiger partial charge in [0.1, 0.15) is 12.2 Å². The maximum atomic E-state index is 13.1. The number of carboxylic acids is 1. The lowest BCUT2D eigenvalue weighted by atomic mass is 9.65. The van der Waals surface area contributed by atoms with Gasteiger partial charge in [-0.25, -0.2) is 0 Å². The van der Waals surface area contributed by atoms with Crippen molar-refractivity contribution in [1.29, 1.82) is 0 Å². The molecule has 0 amide bonds. The molecule has 0 spiro atoms. The van der Waals surface area contributed by atoms with Crippen molar-refractivity contribution in [3.05, 3.63) is 23.8 Å². The molecule has 0 unspecified atom stereocenters. The van der Waals surface area contributed by atoms with Crippen LogP contribution in [0.2, 0.25) is 18.1 Å². The van der Waals surface area contributed by atoms with Gasteiger partial charge in [0.05, 0.1) is 23.9 Å². The molecule has 7 atom stereocenters. The first-order chi connectivity index (χ1) is 17.9. The van der Waals surface area contributed by atoms with Gasteiger partial charge in [0, 0.05) is 18.8 Å². The molecule has 3 rings (SSSR count). The van der Waals surface area contributed by atoms with Crippen LogP contribution in [0.5, 0.6) is 0 Å². The Kier molecular flexibility index (Phi) is 9.63. The predicted molar refractivity (Wildman–Crippen MR) is 153 cm³/mol. The first-order valence-electron chi connectivity index (χ1n) is 14.7. The van der Waals surface area contributed by atoms with Gasteiger partial charge in [0.15, 0.2) is 8.32 Å². The summed E-state index contributed by atoms with van der Waals surface area (Å²) in [6.45, 7) is 18.9. The van der Waals surface area contributed by atoms with Gasteiger partial charge in [-0.2, -0.15) is 0 Å². The highest BCUT2D eigenvalue weighted by Crippen LogP contribution is 2.46. The van der Waals surface area contributed by atoms with E-state index in [1.54, 1.807) is 0 Å². The normalized spacial score (nSPS) is 31.7. The first kappa shape index (κ1) is 31.6. The molecule has 0 radical (unpaired) electrons. The number of rotatable bonds is 9. The Morgan fingerprint density at radius 3 is 2.38 bits per heavy atom. The van der Waals surface area contributed by atoms with E-state index in [0.29, 0.717) is 25.7 Å². The van der Waals surface area contributed by atoms with Gasteiger partial charge in [0.2, 0.25) is 0 Å². The van der Waals surface area contributed by atoms with E-state index in [1.807, 2.05) is 32.9 Å². The van der Waals surface area contributed by atoms with Crippen LogP contribution in [-0.4, -0.2) is 49.6 Å². The maximum Gasteiger partial charge on any atom is 0.311 e. The van der Waals surface area contributed by atoms with Crippen molar-refractivity contribution in [3.8, 4) is 0 Å². The Morgan fingerprint density at radius 1 is 1.13 bits per heavy atom. The van der Waals surface area contributed by atoms with Crippen molar-refractivity contribution in [2.24, 2.45) is 29.1 Å². The van der Waals surface area contributed by atoms with Gasteiger partial charge in [-0.3, -0.25) is 14.4 Å². The van der Waals surface area contributed by atoms with Crippen molar-refractivity contribution >= 4 is 26.2 Å². The lowest BCUT2D eigenvalue weighted by molar-refractivity contribution is -0.167. The van der Waals surface area contributed by atoms with E-state index >= 15 is 0 Å². The number of fused-ring (bicyclic) bond motifs is 1. The van der Waals surface area contributed by atoms with E-state index < -0.39 is 31.7 Å². The van der Waals surface area contributed by atoms with Crippen molar-refractivity contribution in [2.75, 3.05) is 0 Å².